The highest BCUT2D eigenvalue weighted by molar-refractivity contribution is 5.89. The zero-order valence-corrected chi connectivity index (χ0v) is 15.1. The third kappa shape index (κ3) is 3.75. The number of carbonyl (C=O) groups is 2. The van der Waals surface area contributed by atoms with E-state index in [4.69, 9.17) is 0 Å². The van der Waals surface area contributed by atoms with Crippen LogP contribution in [0.3, 0.4) is 0 Å². The third-order valence-electron chi connectivity index (χ3n) is 5.42. The first-order valence-corrected chi connectivity index (χ1v) is 9.46. The van der Waals surface area contributed by atoms with Crippen LogP contribution in [0, 0.1) is 0 Å². The Morgan fingerprint density at radius 2 is 2.08 bits per heavy atom. The number of para-hydroxylation sites is 1. The first-order chi connectivity index (χ1) is 12.6. The molecule has 0 radical (unpaired) electrons. The van der Waals surface area contributed by atoms with Gasteiger partial charge in [-0.2, -0.15) is 0 Å². The summed E-state index contributed by atoms with van der Waals surface area (Å²) in [5.74, 6) is -0.274. The molecule has 1 aromatic heterocycles. The van der Waals surface area contributed by atoms with Gasteiger partial charge in [0.15, 0.2) is 0 Å². The number of aromatic nitrogens is 1. The molecule has 2 atom stereocenters. The molecule has 2 aromatic rings. The van der Waals surface area contributed by atoms with Crippen LogP contribution in [0.1, 0.15) is 31.7 Å². The van der Waals surface area contributed by atoms with Gasteiger partial charge >= 0.3 is 0 Å². The van der Waals surface area contributed by atoms with E-state index in [-0.39, 0.29) is 17.9 Å². The molecule has 138 valence electrons. The van der Waals surface area contributed by atoms with Crippen LogP contribution >= 0.6 is 0 Å². The van der Waals surface area contributed by atoms with Gasteiger partial charge in [-0.05, 0) is 30.9 Å². The lowest BCUT2D eigenvalue weighted by Crippen LogP contribution is -2.50. The average Bonchev–Trinajstić information content (AvgIpc) is 3.24. The molecule has 26 heavy (non-hydrogen) atoms. The van der Waals surface area contributed by atoms with E-state index in [1.165, 1.54) is 19.8 Å². The van der Waals surface area contributed by atoms with Crippen molar-refractivity contribution in [3.05, 3.63) is 36.0 Å². The molecular weight excluding hydrogens is 328 g/mol. The second-order valence-electron chi connectivity index (χ2n) is 7.54. The van der Waals surface area contributed by atoms with Crippen LogP contribution in [0.2, 0.25) is 0 Å². The number of amides is 2. The largest absolute Gasteiger partial charge is 0.361 e. The Labute approximate surface area is 153 Å². The second kappa shape index (κ2) is 7.11. The molecule has 2 unspecified atom stereocenters. The summed E-state index contributed by atoms with van der Waals surface area (Å²) in [6, 6.07) is 8.37. The molecule has 2 heterocycles. The number of likely N-dealkylation sites (tertiary alicyclic amines) is 1. The van der Waals surface area contributed by atoms with Gasteiger partial charge in [0.05, 0.1) is 0 Å². The van der Waals surface area contributed by atoms with Gasteiger partial charge in [0, 0.05) is 55.6 Å². The Morgan fingerprint density at radius 1 is 1.27 bits per heavy atom. The third-order valence-corrected chi connectivity index (χ3v) is 5.42. The van der Waals surface area contributed by atoms with Crippen LogP contribution in [0.25, 0.3) is 10.9 Å². The van der Waals surface area contributed by atoms with Gasteiger partial charge in [0.1, 0.15) is 6.04 Å². The standard InChI is InChI=1S/C20H26N4O2/c1-13(25)22-19(10-14-11-21-18-5-3-2-4-17(14)18)20(26)23-15-8-9-24(12-15)16-6-7-16/h2-5,11,15-16,19,21H,6-10,12H2,1H3,(H,22,25)(H,23,26). The second-order valence-corrected chi connectivity index (χ2v) is 7.54. The SMILES string of the molecule is CC(=O)NC(Cc1c[nH]c2ccccc12)C(=O)NC1CCN(C2CC2)C1. The summed E-state index contributed by atoms with van der Waals surface area (Å²) < 4.78 is 0. The van der Waals surface area contributed by atoms with Crippen molar-refractivity contribution in [2.24, 2.45) is 0 Å². The summed E-state index contributed by atoms with van der Waals surface area (Å²) in [4.78, 5) is 30.2. The highest BCUT2D eigenvalue weighted by Gasteiger charge is 2.35. The Bertz CT molecular complexity index is 811. The Kier molecular flexibility index (Phi) is 4.68. The fraction of sp³-hybridized carbons (Fsp3) is 0.500. The summed E-state index contributed by atoms with van der Waals surface area (Å²) >= 11 is 0. The lowest BCUT2D eigenvalue weighted by Gasteiger charge is -2.21. The number of aromatic amines is 1. The number of hydrogen-bond donors (Lipinski definition) is 3. The van der Waals surface area contributed by atoms with E-state index in [1.54, 1.807) is 0 Å². The predicted octanol–water partition coefficient (Wildman–Crippen LogP) is 1.57. The van der Waals surface area contributed by atoms with Crippen LogP contribution in [0.5, 0.6) is 0 Å². The minimum absolute atomic E-state index is 0.0897. The molecule has 3 N–H and O–H groups in total. The molecule has 6 heteroatoms. The number of benzene rings is 1. The van der Waals surface area contributed by atoms with Crippen molar-refractivity contribution in [3.63, 3.8) is 0 Å². The Balaban J connectivity index is 1.43. The molecule has 2 fully saturated rings. The van der Waals surface area contributed by atoms with Crippen LogP contribution in [-0.2, 0) is 16.0 Å². The highest BCUT2D eigenvalue weighted by atomic mass is 16.2. The molecule has 4 rings (SSSR count). The van der Waals surface area contributed by atoms with Crippen LogP contribution in [0.15, 0.2) is 30.5 Å². The van der Waals surface area contributed by atoms with Gasteiger partial charge in [0.25, 0.3) is 0 Å². The molecule has 2 amide bonds. The van der Waals surface area contributed by atoms with Crippen molar-refractivity contribution in [1.82, 2.24) is 20.5 Å². The molecule has 1 saturated carbocycles. The maximum atomic E-state index is 12.8. The lowest BCUT2D eigenvalue weighted by molar-refractivity contribution is -0.128. The lowest BCUT2D eigenvalue weighted by atomic mass is 10.0. The molecular formula is C20H26N4O2. The average molecular weight is 354 g/mol. The molecule has 0 spiro atoms. The molecule has 1 saturated heterocycles. The first-order valence-electron chi connectivity index (χ1n) is 9.46. The van der Waals surface area contributed by atoms with E-state index in [1.807, 2.05) is 30.5 Å². The van der Waals surface area contributed by atoms with E-state index in [0.717, 1.165) is 42.0 Å². The number of hydrogen-bond acceptors (Lipinski definition) is 3. The van der Waals surface area contributed by atoms with Crippen molar-refractivity contribution in [3.8, 4) is 0 Å². The fourth-order valence-corrected chi connectivity index (χ4v) is 3.95. The van der Waals surface area contributed by atoms with Gasteiger partial charge in [-0.3, -0.25) is 14.5 Å². The molecule has 1 aliphatic carbocycles. The number of rotatable bonds is 6. The van der Waals surface area contributed by atoms with Crippen molar-refractivity contribution < 1.29 is 9.59 Å². The highest BCUT2D eigenvalue weighted by Crippen LogP contribution is 2.29. The number of carbonyl (C=O) groups excluding carboxylic acids is 2. The van der Waals surface area contributed by atoms with E-state index in [9.17, 15) is 9.59 Å². The van der Waals surface area contributed by atoms with E-state index >= 15 is 0 Å². The maximum Gasteiger partial charge on any atom is 0.243 e. The Morgan fingerprint density at radius 3 is 2.85 bits per heavy atom. The number of H-pyrrole nitrogens is 1. The van der Waals surface area contributed by atoms with Crippen LogP contribution < -0.4 is 10.6 Å². The molecule has 0 bridgehead atoms. The number of nitrogens with one attached hydrogen (secondary N) is 3. The molecule has 2 aliphatic rings. The van der Waals surface area contributed by atoms with Crippen molar-refractivity contribution in [2.45, 2.75) is 50.7 Å². The summed E-state index contributed by atoms with van der Waals surface area (Å²) in [6.07, 6.45) is 5.97. The maximum absolute atomic E-state index is 12.8. The summed E-state index contributed by atoms with van der Waals surface area (Å²) in [5.41, 5.74) is 2.08. The molecule has 1 aromatic carbocycles. The summed E-state index contributed by atoms with van der Waals surface area (Å²) in [5, 5.41) is 7.07. The minimum Gasteiger partial charge on any atom is -0.361 e. The zero-order chi connectivity index (χ0) is 18.1. The fourth-order valence-electron chi connectivity index (χ4n) is 3.95. The van der Waals surface area contributed by atoms with E-state index in [2.05, 4.69) is 20.5 Å². The summed E-state index contributed by atoms with van der Waals surface area (Å²) in [7, 11) is 0. The predicted molar refractivity (Wildman–Crippen MR) is 101 cm³/mol. The molecule has 6 nitrogen and oxygen atoms in total. The first kappa shape index (κ1) is 17.1. The smallest absolute Gasteiger partial charge is 0.243 e. The Hall–Kier alpha value is -2.34. The topological polar surface area (TPSA) is 77.2 Å². The van der Waals surface area contributed by atoms with Gasteiger partial charge in [-0.15, -0.1) is 0 Å². The van der Waals surface area contributed by atoms with Gasteiger partial charge in [-0.1, -0.05) is 18.2 Å². The zero-order valence-electron chi connectivity index (χ0n) is 15.1. The van der Waals surface area contributed by atoms with Gasteiger partial charge in [0.2, 0.25) is 11.8 Å². The number of fused-ring (bicyclic) bond motifs is 1. The monoisotopic (exact) mass is 354 g/mol. The van der Waals surface area contributed by atoms with Crippen molar-refractivity contribution >= 4 is 22.7 Å². The summed E-state index contributed by atoms with van der Waals surface area (Å²) in [6.45, 7) is 3.44. The quantitative estimate of drug-likeness (QED) is 0.737. The normalized spacial score (nSPS) is 21.7. The van der Waals surface area contributed by atoms with E-state index < -0.39 is 6.04 Å². The van der Waals surface area contributed by atoms with Crippen molar-refractivity contribution in [1.29, 1.82) is 0 Å². The van der Waals surface area contributed by atoms with Crippen molar-refractivity contribution in [2.75, 3.05) is 13.1 Å². The minimum atomic E-state index is -0.554. The van der Waals surface area contributed by atoms with Crippen LogP contribution in [-0.4, -0.2) is 52.9 Å². The van der Waals surface area contributed by atoms with E-state index in [0.29, 0.717) is 6.42 Å². The van der Waals surface area contributed by atoms with Gasteiger partial charge < -0.3 is 15.6 Å². The van der Waals surface area contributed by atoms with Gasteiger partial charge in [-0.25, -0.2) is 0 Å². The van der Waals surface area contributed by atoms with Crippen LogP contribution in [0.4, 0.5) is 0 Å². The number of nitrogens with zero attached hydrogens (tertiary/aromatic N) is 1. The molecule has 1 aliphatic heterocycles.